The van der Waals surface area contributed by atoms with Gasteiger partial charge in [0.05, 0.1) is 5.69 Å². The smallest absolute Gasteiger partial charge is 0.423 e. The van der Waals surface area contributed by atoms with Gasteiger partial charge in [-0.25, -0.2) is 10.9 Å². The number of anilines is 1. The monoisotopic (exact) mass is 251 g/mol. The third-order valence-electron chi connectivity index (χ3n) is 2.30. The molecule has 0 spiro atoms. The summed E-state index contributed by atoms with van der Waals surface area (Å²) in [5, 5.41) is 18.8. The minimum atomic E-state index is -1.64. The Hall–Kier alpha value is -1.90. The maximum atomic E-state index is 11.6. The van der Waals surface area contributed by atoms with E-state index in [-0.39, 0.29) is 18.3 Å². The molecular formula is C10H14BN3O4. The number of nitrogens with zero attached hydrogens (tertiary/aromatic N) is 1. The lowest BCUT2D eigenvalue weighted by atomic mass is 9.80. The first-order chi connectivity index (χ1) is 8.41. The number of benzene rings is 1. The molecule has 0 aliphatic rings. The zero-order valence-corrected chi connectivity index (χ0v) is 9.61. The molecule has 0 atom stereocenters. The predicted molar refractivity (Wildman–Crippen MR) is 66.4 cm³/mol. The van der Waals surface area contributed by atoms with E-state index in [1.165, 1.54) is 24.3 Å². The number of amides is 2. The molecule has 18 heavy (non-hydrogen) atoms. The summed E-state index contributed by atoms with van der Waals surface area (Å²) in [6.45, 7) is 0. The molecule has 96 valence electrons. The number of hydrogen-bond donors (Lipinski definition) is 4. The van der Waals surface area contributed by atoms with Gasteiger partial charge in [0.2, 0.25) is 11.8 Å². The Morgan fingerprint density at radius 2 is 1.94 bits per heavy atom. The highest BCUT2D eigenvalue weighted by molar-refractivity contribution is 6.58. The zero-order chi connectivity index (χ0) is 13.7. The van der Waals surface area contributed by atoms with Crippen LogP contribution >= 0.6 is 0 Å². The quantitative estimate of drug-likeness (QED) is 0.205. The second-order valence-corrected chi connectivity index (χ2v) is 3.70. The van der Waals surface area contributed by atoms with Crippen LogP contribution in [0.2, 0.25) is 0 Å². The second kappa shape index (κ2) is 6.15. The van der Waals surface area contributed by atoms with Gasteiger partial charge >= 0.3 is 7.12 Å². The van der Waals surface area contributed by atoms with E-state index in [1.807, 2.05) is 0 Å². The molecule has 0 fully saturated rings. The van der Waals surface area contributed by atoms with E-state index >= 15 is 0 Å². The molecule has 0 unspecified atom stereocenters. The predicted octanol–water partition coefficient (Wildman–Crippen LogP) is -2.16. The summed E-state index contributed by atoms with van der Waals surface area (Å²) in [7, 11) is -1.64. The lowest BCUT2D eigenvalue weighted by Gasteiger charge is -2.17. The maximum absolute atomic E-state index is 11.6. The third kappa shape index (κ3) is 3.84. The maximum Gasteiger partial charge on any atom is 0.488 e. The van der Waals surface area contributed by atoms with Crippen molar-refractivity contribution in [3.05, 3.63) is 24.3 Å². The minimum absolute atomic E-state index is 0.0884. The van der Waals surface area contributed by atoms with E-state index in [9.17, 15) is 9.59 Å². The molecule has 0 radical (unpaired) electrons. The lowest BCUT2D eigenvalue weighted by molar-refractivity contribution is -0.123. The molecule has 0 bridgehead atoms. The first-order valence-electron chi connectivity index (χ1n) is 5.24. The number of hydrazine groups is 1. The molecule has 0 aromatic heterocycles. The largest absolute Gasteiger partial charge is 0.488 e. The van der Waals surface area contributed by atoms with Crippen LogP contribution in [0, 0.1) is 0 Å². The third-order valence-corrected chi connectivity index (χ3v) is 2.30. The Labute approximate surface area is 104 Å². The van der Waals surface area contributed by atoms with Gasteiger partial charge in [-0.2, -0.15) is 0 Å². The molecule has 0 aliphatic heterocycles. The summed E-state index contributed by atoms with van der Waals surface area (Å²) in [4.78, 5) is 22.1. The first-order valence-corrected chi connectivity index (χ1v) is 5.24. The van der Waals surface area contributed by atoms with E-state index in [1.54, 1.807) is 0 Å². The SMILES string of the molecule is NC(=O)CCC(=O)N(N)c1cccc(B(O)O)c1. The number of carbonyl (C=O) groups excluding carboxylic acids is 2. The van der Waals surface area contributed by atoms with Crippen molar-refractivity contribution in [2.24, 2.45) is 11.6 Å². The zero-order valence-electron chi connectivity index (χ0n) is 9.61. The Morgan fingerprint density at radius 3 is 2.50 bits per heavy atom. The first kappa shape index (κ1) is 14.2. The van der Waals surface area contributed by atoms with Crippen molar-refractivity contribution in [3.8, 4) is 0 Å². The van der Waals surface area contributed by atoms with Gasteiger partial charge in [0.1, 0.15) is 0 Å². The lowest BCUT2D eigenvalue weighted by Crippen LogP contribution is -2.39. The standard InChI is InChI=1S/C10H14BN3O4/c12-9(15)4-5-10(16)14(13)8-3-1-2-7(6-8)11(17)18/h1-3,6,17-18H,4-5,13H2,(H2,12,15). The van der Waals surface area contributed by atoms with Gasteiger partial charge in [0.25, 0.3) is 0 Å². The van der Waals surface area contributed by atoms with Gasteiger partial charge in [-0.05, 0) is 17.6 Å². The molecule has 1 aromatic rings. The van der Waals surface area contributed by atoms with Crippen LogP contribution in [0.25, 0.3) is 0 Å². The van der Waals surface area contributed by atoms with E-state index in [4.69, 9.17) is 21.6 Å². The fourth-order valence-electron chi connectivity index (χ4n) is 1.33. The van der Waals surface area contributed by atoms with Gasteiger partial charge in [-0.1, -0.05) is 12.1 Å². The van der Waals surface area contributed by atoms with Crippen molar-refractivity contribution in [3.63, 3.8) is 0 Å². The summed E-state index contributed by atoms with van der Waals surface area (Å²) in [6.07, 6.45) is -0.188. The van der Waals surface area contributed by atoms with Gasteiger partial charge < -0.3 is 15.8 Å². The van der Waals surface area contributed by atoms with Crippen molar-refractivity contribution in [1.29, 1.82) is 0 Å². The van der Waals surface area contributed by atoms with Crippen LogP contribution in [-0.4, -0.2) is 29.0 Å². The van der Waals surface area contributed by atoms with Crippen LogP contribution in [0.5, 0.6) is 0 Å². The molecule has 0 saturated carbocycles. The molecule has 0 saturated heterocycles. The van der Waals surface area contributed by atoms with Crippen LogP contribution < -0.4 is 22.0 Å². The second-order valence-electron chi connectivity index (χ2n) is 3.70. The van der Waals surface area contributed by atoms with Crippen molar-refractivity contribution in [2.75, 3.05) is 5.01 Å². The normalized spacial score (nSPS) is 9.94. The van der Waals surface area contributed by atoms with Crippen molar-refractivity contribution in [2.45, 2.75) is 12.8 Å². The topological polar surface area (TPSA) is 130 Å². The fraction of sp³-hybridized carbons (Fsp3) is 0.200. The highest BCUT2D eigenvalue weighted by Crippen LogP contribution is 2.10. The van der Waals surface area contributed by atoms with Crippen LogP contribution in [0.3, 0.4) is 0 Å². The Bertz CT molecular complexity index is 453. The fourth-order valence-corrected chi connectivity index (χ4v) is 1.33. The van der Waals surface area contributed by atoms with E-state index in [0.29, 0.717) is 5.69 Å². The minimum Gasteiger partial charge on any atom is -0.423 e. The highest BCUT2D eigenvalue weighted by atomic mass is 16.4. The average molecular weight is 251 g/mol. The molecule has 2 amide bonds. The number of nitrogens with two attached hydrogens (primary N) is 2. The van der Waals surface area contributed by atoms with Crippen molar-refractivity contribution in [1.82, 2.24) is 0 Å². The number of hydrogen-bond acceptors (Lipinski definition) is 5. The van der Waals surface area contributed by atoms with Gasteiger partial charge in [0.15, 0.2) is 0 Å². The summed E-state index contributed by atoms with van der Waals surface area (Å²) < 4.78 is 0. The highest BCUT2D eigenvalue weighted by Gasteiger charge is 2.16. The summed E-state index contributed by atoms with van der Waals surface area (Å²) in [5.41, 5.74) is 5.44. The molecular weight excluding hydrogens is 237 g/mol. The van der Waals surface area contributed by atoms with Crippen LogP contribution in [0.1, 0.15) is 12.8 Å². The van der Waals surface area contributed by atoms with Crippen molar-refractivity contribution < 1.29 is 19.6 Å². The average Bonchev–Trinajstić information content (AvgIpc) is 2.35. The molecule has 1 rings (SSSR count). The van der Waals surface area contributed by atoms with Gasteiger partial charge in [-0.15, -0.1) is 0 Å². The Balaban J connectivity index is 2.76. The van der Waals surface area contributed by atoms with Crippen LogP contribution in [-0.2, 0) is 9.59 Å². The summed E-state index contributed by atoms with van der Waals surface area (Å²) >= 11 is 0. The molecule has 8 heteroatoms. The molecule has 0 aliphatic carbocycles. The van der Waals surface area contributed by atoms with Crippen LogP contribution in [0.15, 0.2) is 24.3 Å². The molecule has 0 heterocycles. The molecule has 7 nitrogen and oxygen atoms in total. The van der Waals surface area contributed by atoms with E-state index in [0.717, 1.165) is 5.01 Å². The van der Waals surface area contributed by atoms with E-state index < -0.39 is 18.9 Å². The Kier molecular flexibility index (Phi) is 4.84. The number of primary amides is 1. The number of rotatable bonds is 5. The summed E-state index contributed by atoms with van der Waals surface area (Å²) in [6, 6.07) is 5.92. The van der Waals surface area contributed by atoms with Crippen molar-refractivity contribution >= 4 is 30.1 Å². The Morgan fingerprint density at radius 1 is 1.28 bits per heavy atom. The molecule has 1 aromatic carbocycles. The van der Waals surface area contributed by atoms with E-state index in [2.05, 4.69) is 0 Å². The van der Waals surface area contributed by atoms with Gasteiger partial charge in [0, 0.05) is 12.8 Å². The summed E-state index contributed by atoms with van der Waals surface area (Å²) in [5.74, 6) is 4.49. The van der Waals surface area contributed by atoms with Crippen LogP contribution in [0.4, 0.5) is 5.69 Å². The molecule has 6 N–H and O–H groups in total. The van der Waals surface area contributed by atoms with Gasteiger partial charge in [-0.3, -0.25) is 9.59 Å². The number of carbonyl (C=O) groups is 2.